The van der Waals surface area contributed by atoms with Crippen LogP contribution in [0.25, 0.3) is 0 Å². The summed E-state index contributed by atoms with van der Waals surface area (Å²) in [6.07, 6.45) is -1.25. The fourth-order valence-corrected chi connectivity index (χ4v) is 4.09. The predicted octanol–water partition coefficient (Wildman–Crippen LogP) is 2.65. The summed E-state index contributed by atoms with van der Waals surface area (Å²) < 4.78 is 21.4. The van der Waals surface area contributed by atoms with Crippen LogP contribution in [0.3, 0.4) is 0 Å². The standard InChI is InChI=1S/C23H32O8/c1-12(2)30-21(25)19-15(24)11-23(5,27)20(22(26)31-13(3)4)18(19)14-8-9-16(28-6)17(10-14)29-7/h8-10,12-13,18-20,27H,11H2,1-7H3/t18-,19-,20+,23-/m1/s1. The van der Waals surface area contributed by atoms with Crippen LogP contribution in [0.2, 0.25) is 0 Å². The van der Waals surface area contributed by atoms with Gasteiger partial charge in [-0.3, -0.25) is 14.4 Å². The normalized spacial score (nSPS) is 26.0. The summed E-state index contributed by atoms with van der Waals surface area (Å²) in [5.41, 5.74) is -1.25. The molecular weight excluding hydrogens is 404 g/mol. The van der Waals surface area contributed by atoms with Crippen molar-refractivity contribution in [3.63, 3.8) is 0 Å². The molecule has 2 rings (SSSR count). The minimum Gasteiger partial charge on any atom is -0.493 e. The number of carbonyl (C=O) groups is 3. The number of rotatable bonds is 7. The van der Waals surface area contributed by atoms with Gasteiger partial charge in [0.25, 0.3) is 0 Å². The number of carbonyl (C=O) groups excluding carboxylic acids is 3. The van der Waals surface area contributed by atoms with Gasteiger partial charge in [-0.05, 0) is 52.3 Å². The molecule has 8 nitrogen and oxygen atoms in total. The lowest BCUT2D eigenvalue weighted by molar-refractivity contribution is -0.176. The molecule has 8 heteroatoms. The highest BCUT2D eigenvalue weighted by Crippen LogP contribution is 2.48. The second-order valence-electron chi connectivity index (χ2n) is 8.57. The molecule has 31 heavy (non-hydrogen) atoms. The zero-order valence-electron chi connectivity index (χ0n) is 19.1. The Morgan fingerprint density at radius 3 is 2.06 bits per heavy atom. The van der Waals surface area contributed by atoms with Gasteiger partial charge in [0, 0.05) is 12.3 Å². The largest absolute Gasteiger partial charge is 0.493 e. The first-order chi connectivity index (χ1) is 14.4. The summed E-state index contributed by atoms with van der Waals surface area (Å²) in [7, 11) is 2.94. The third-order valence-corrected chi connectivity index (χ3v) is 5.27. The molecule has 0 aromatic heterocycles. The van der Waals surface area contributed by atoms with E-state index in [0.717, 1.165) is 0 Å². The molecule has 4 atom stereocenters. The summed E-state index contributed by atoms with van der Waals surface area (Å²) >= 11 is 0. The highest BCUT2D eigenvalue weighted by atomic mass is 16.5. The Labute approximate surface area is 182 Å². The summed E-state index contributed by atoms with van der Waals surface area (Å²) in [6.45, 7) is 8.15. The first-order valence-corrected chi connectivity index (χ1v) is 10.3. The third kappa shape index (κ3) is 5.36. The van der Waals surface area contributed by atoms with E-state index in [9.17, 15) is 19.5 Å². The molecular formula is C23H32O8. The van der Waals surface area contributed by atoms with Crippen LogP contribution in [-0.2, 0) is 23.9 Å². The van der Waals surface area contributed by atoms with Gasteiger partial charge in [0.2, 0.25) is 0 Å². The second-order valence-corrected chi connectivity index (χ2v) is 8.57. The Kier molecular flexibility index (Phi) is 7.70. The van der Waals surface area contributed by atoms with Crippen molar-refractivity contribution in [1.82, 2.24) is 0 Å². The maximum atomic E-state index is 13.1. The Morgan fingerprint density at radius 2 is 1.55 bits per heavy atom. The van der Waals surface area contributed by atoms with Crippen molar-refractivity contribution >= 4 is 17.7 Å². The van der Waals surface area contributed by atoms with Crippen LogP contribution in [0.4, 0.5) is 0 Å². The van der Waals surface area contributed by atoms with Gasteiger partial charge >= 0.3 is 11.9 Å². The quantitative estimate of drug-likeness (QED) is 0.513. The predicted molar refractivity (Wildman–Crippen MR) is 112 cm³/mol. The van der Waals surface area contributed by atoms with E-state index in [1.807, 2.05) is 0 Å². The fourth-order valence-electron chi connectivity index (χ4n) is 4.09. The molecule has 0 saturated heterocycles. The van der Waals surface area contributed by atoms with E-state index in [2.05, 4.69) is 0 Å². The molecule has 1 aliphatic rings. The first-order valence-electron chi connectivity index (χ1n) is 10.3. The molecule has 1 fully saturated rings. The van der Waals surface area contributed by atoms with Crippen LogP contribution in [0.15, 0.2) is 18.2 Å². The Bertz CT molecular complexity index is 819. The fraction of sp³-hybridized carbons (Fsp3) is 0.609. The lowest BCUT2D eigenvalue weighted by atomic mass is 9.61. The Hall–Kier alpha value is -2.61. The number of hydrogen-bond donors (Lipinski definition) is 1. The van der Waals surface area contributed by atoms with Crippen molar-refractivity contribution in [2.45, 2.75) is 64.8 Å². The van der Waals surface area contributed by atoms with E-state index in [-0.39, 0.29) is 6.42 Å². The zero-order valence-corrected chi connectivity index (χ0v) is 19.1. The number of ether oxygens (including phenoxy) is 4. The summed E-state index contributed by atoms with van der Waals surface area (Å²) in [5.74, 6) is -4.56. The number of ketones is 1. The molecule has 0 radical (unpaired) electrons. The van der Waals surface area contributed by atoms with Crippen LogP contribution < -0.4 is 9.47 Å². The van der Waals surface area contributed by atoms with Gasteiger partial charge < -0.3 is 24.1 Å². The van der Waals surface area contributed by atoms with Crippen molar-refractivity contribution in [3.05, 3.63) is 23.8 Å². The summed E-state index contributed by atoms with van der Waals surface area (Å²) in [5, 5.41) is 11.1. The number of benzene rings is 1. The SMILES string of the molecule is COc1ccc([C@@H]2[C@H](C(=O)OC(C)C)C(=O)C[C@@](C)(O)[C@@H]2C(=O)OC(C)C)cc1OC. The number of hydrogen-bond acceptors (Lipinski definition) is 8. The van der Waals surface area contributed by atoms with E-state index >= 15 is 0 Å². The van der Waals surface area contributed by atoms with Gasteiger partial charge in [0.15, 0.2) is 17.3 Å². The first kappa shape index (κ1) is 24.7. The van der Waals surface area contributed by atoms with Gasteiger partial charge in [-0.2, -0.15) is 0 Å². The monoisotopic (exact) mass is 436 g/mol. The van der Waals surface area contributed by atoms with Crippen molar-refractivity contribution < 1.29 is 38.4 Å². The maximum absolute atomic E-state index is 13.1. The van der Waals surface area contributed by atoms with E-state index in [0.29, 0.717) is 17.1 Å². The highest BCUT2D eigenvalue weighted by molar-refractivity contribution is 6.02. The molecule has 0 unspecified atom stereocenters. The average Bonchev–Trinajstić information content (AvgIpc) is 2.64. The topological polar surface area (TPSA) is 108 Å². The van der Waals surface area contributed by atoms with Crippen molar-refractivity contribution in [2.75, 3.05) is 14.2 Å². The van der Waals surface area contributed by atoms with Gasteiger partial charge in [0.1, 0.15) is 5.92 Å². The summed E-state index contributed by atoms with van der Waals surface area (Å²) in [4.78, 5) is 39.0. The maximum Gasteiger partial charge on any atom is 0.317 e. The molecule has 1 N–H and O–H groups in total. The van der Waals surface area contributed by atoms with E-state index < -0.39 is 53.3 Å². The average molecular weight is 437 g/mol. The smallest absolute Gasteiger partial charge is 0.317 e. The van der Waals surface area contributed by atoms with E-state index in [1.165, 1.54) is 21.1 Å². The van der Waals surface area contributed by atoms with Crippen LogP contribution in [-0.4, -0.2) is 54.9 Å². The minimum atomic E-state index is -1.71. The molecule has 0 spiro atoms. The van der Waals surface area contributed by atoms with Crippen molar-refractivity contribution in [1.29, 1.82) is 0 Å². The number of aliphatic hydroxyl groups is 1. The molecule has 1 aliphatic carbocycles. The van der Waals surface area contributed by atoms with Gasteiger partial charge in [-0.25, -0.2) is 0 Å². The Morgan fingerprint density at radius 1 is 1.00 bits per heavy atom. The van der Waals surface area contributed by atoms with Gasteiger partial charge in [-0.15, -0.1) is 0 Å². The van der Waals surface area contributed by atoms with Crippen LogP contribution in [0.5, 0.6) is 11.5 Å². The number of Topliss-reactive ketones (excluding diaryl/α,β-unsaturated/α-hetero) is 1. The molecule has 1 aromatic carbocycles. The second kappa shape index (κ2) is 9.68. The van der Waals surface area contributed by atoms with Crippen LogP contribution in [0, 0.1) is 11.8 Å². The van der Waals surface area contributed by atoms with Gasteiger partial charge in [0.05, 0.1) is 37.9 Å². The lowest BCUT2D eigenvalue weighted by Gasteiger charge is -2.44. The summed E-state index contributed by atoms with van der Waals surface area (Å²) in [6, 6.07) is 4.87. The molecule has 0 amide bonds. The Balaban J connectivity index is 2.69. The number of esters is 2. The molecule has 0 bridgehead atoms. The lowest BCUT2D eigenvalue weighted by Crippen LogP contribution is -2.55. The zero-order chi connectivity index (χ0) is 23.5. The van der Waals surface area contributed by atoms with Crippen molar-refractivity contribution in [3.8, 4) is 11.5 Å². The van der Waals surface area contributed by atoms with Gasteiger partial charge in [-0.1, -0.05) is 6.07 Å². The van der Waals surface area contributed by atoms with Crippen LogP contribution in [0.1, 0.15) is 52.5 Å². The number of methoxy groups -OCH3 is 2. The van der Waals surface area contributed by atoms with Crippen molar-refractivity contribution in [2.24, 2.45) is 11.8 Å². The molecule has 0 heterocycles. The van der Waals surface area contributed by atoms with Crippen LogP contribution >= 0.6 is 0 Å². The van der Waals surface area contributed by atoms with E-state index in [1.54, 1.807) is 45.9 Å². The third-order valence-electron chi connectivity index (χ3n) is 5.27. The molecule has 1 aromatic rings. The molecule has 172 valence electrons. The minimum absolute atomic E-state index is 0.365. The highest BCUT2D eigenvalue weighted by Gasteiger charge is 2.57. The van der Waals surface area contributed by atoms with E-state index in [4.69, 9.17) is 18.9 Å². The molecule has 0 aliphatic heterocycles. The molecule has 1 saturated carbocycles.